The molecule has 1 atom stereocenters. The number of nitrogens with zero attached hydrogens (tertiary/aromatic N) is 2. The Hall–Kier alpha value is -2.70. The second-order valence-electron chi connectivity index (χ2n) is 9.79. The Balaban J connectivity index is 1.37. The molecule has 1 heterocycles. The van der Waals surface area contributed by atoms with Crippen LogP contribution in [0.1, 0.15) is 55.9 Å². The highest BCUT2D eigenvalue weighted by atomic mass is 16.2. The minimum absolute atomic E-state index is 0.00660. The lowest BCUT2D eigenvalue weighted by Gasteiger charge is -2.59. The lowest BCUT2D eigenvalue weighted by molar-refractivity contribution is -0.126. The largest absolute Gasteiger partial charge is 0.364 e. The van der Waals surface area contributed by atoms with E-state index < -0.39 is 11.5 Å². The predicted octanol–water partition coefficient (Wildman–Crippen LogP) is 2.22. The summed E-state index contributed by atoms with van der Waals surface area (Å²) in [5, 5.41) is 8.01. The maximum absolute atomic E-state index is 12.9. The van der Waals surface area contributed by atoms with Crippen molar-refractivity contribution in [2.24, 2.45) is 28.9 Å². The van der Waals surface area contributed by atoms with Crippen molar-refractivity contribution in [2.75, 3.05) is 0 Å². The van der Waals surface area contributed by atoms with Gasteiger partial charge in [0.25, 0.3) is 11.5 Å². The average Bonchev–Trinajstić information content (AvgIpc) is 2.69. The molecule has 7 heteroatoms. The van der Waals surface area contributed by atoms with Crippen molar-refractivity contribution in [1.29, 1.82) is 0 Å². The molecule has 4 aliphatic carbocycles. The topological polar surface area (TPSA) is 107 Å². The smallest absolute Gasteiger partial charge is 0.275 e. The summed E-state index contributed by atoms with van der Waals surface area (Å²) in [7, 11) is 0. The number of carbonyl (C=O) groups excluding carboxylic acids is 2. The van der Waals surface area contributed by atoms with E-state index in [-0.39, 0.29) is 29.6 Å². The summed E-state index contributed by atoms with van der Waals surface area (Å²) < 4.78 is 1.06. The number of aromatic nitrogens is 2. The van der Waals surface area contributed by atoms with E-state index in [4.69, 9.17) is 5.73 Å². The normalized spacial score (nSPS) is 30.4. The molecule has 158 valence electrons. The first-order valence-corrected chi connectivity index (χ1v) is 10.9. The van der Waals surface area contributed by atoms with Gasteiger partial charge in [0.2, 0.25) is 5.91 Å². The lowest BCUT2D eigenvalue weighted by atomic mass is 9.48. The Labute approximate surface area is 175 Å². The Morgan fingerprint density at radius 3 is 2.27 bits per heavy atom. The van der Waals surface area contributed by atoms with Gasteiger partial charge in [-0.3, -0.25) is 14.4 Å². The Kier molecular flexibility index (Phi) is 4.45. The van der Waals surface area contributed by atoms with E-state index in [2.05, 4.69) is 17.3 Å². The summed E-state index contributed by atoms with van der Waals surface area (Å²) >= 11 is 0. The van der Waals surface area contributed by atoms with Gasteiger partial charge in [-0.15, -0.1) is 0 Å². The van der Waals surface area contributed by atoms with Crippen molar-refractivity contribution in [2.45, 2.75) is 58.0 Å². The van der Waals surface area contributed by atoms with Gasteiger partial charge in [-0.1, -0.05) is 18.2 Å². The number of fused-ring (bicyclic) bond motifs is 1. The SMILES string of the molecule is C[C@@H](NC(=O)Cn1nc(C(N)=O)c2ccccc2c1=O)C12CC3CC(CC(C3)C1)C2. The van der Waals surface area contributed by atoms with Crippen LogP contribution >= 0.6 is 0 Å². The van der Waals surface area contributed by atoms with Crippen LogP contribution in [0.15, 0.2) is 29.1 Å². The van der Waals surface area contributed by atoms with Crippen LogP contribution < -0.4 is 16.6 Å². The molecule has 30 heavy (non-hydrogen) atoms. The zero-order valence-electron chi connectivity index (χ0n) is 17.3. The van der Waals surface area contributed by atoms with Gasteiger partial charge in [0, 0.05) is 11.4 Å². The van der Waals surface area contributed by atoms with Crippen molar-refractivity contribution < 1.29 is 9.59 Å². The zero-order chi connectivity index (χ0) is 21.0. The van der Waals surface area contributed by atoms with Crippen LogP contribution in [0, 0.1) is 23.2 Å². The molecule has 0 radical (unpaired) electrons. The number of benzene rings is 1. The molecule has 4 bridgehead atoms. The molecule has 1 aromatic carbocycles. The van der Waals surface area contributed by atoms with Gasteiger partial charge in [0.05, 0.1) is 5.39 Å². The second kappa shape index (κ2) is 6.93. The minimum Gasteiger partial charge on any atom is -0.364 e. The fraction of sp³-hybridized carbons (Fsp3) is 0.565. The number of amides is 2. The highest BCUT2D eigenvalue weighted by Crippen LogP contribution is 2.61. The van der Waals surface area contributed by atoms with Crippen molar-refractivity contribution >= 4 is 22.6 Å². The van der Waals surface area contributed by atoms with Crippen LogP contribution in [0.5, 0.6) is 0 Å². The molecule has 2 aromatic rings. The van der Waals surface area contributed by atoms with Crippen molar-refractivity contribution in [3.8, 4) is 0 Å². The van der Waals surface area contributed by atoms with Crippen molar-refractivity contribution in [3.05, 3.63) is 40.3 Å². The number of rotatable bonds is 5. The molecule has 0 aliphatic heterocycles. The number of hydrogen-bond acceptors (Lipinski definition) is 4. The van der Waals surface area contributed by atoms with Crippen molar-refractivity contribution in [3.63, 3.8) is 0 Å². The molecule has 4 aliphatic rings. The maximum Gasteiger partial charge on any atom is 0.275 e. The molecule has 0 saturated heterocycles. The Morgan fingerprint density at radius 1 is 1.13 bits per heavy atom. The summed E-state index contributed by atoms with van der Waals surface area (Å²) in [6.07, 6.45) is 7.64. The molecule has 6 rings (SSSR count). The first kappa shape index (κ1) is 19.3. The summed E-state index contributed by atoms with van der Waals surface area (Å²) in [5.74, 6) is 1.44. The standard InChI is InChI=1S/C23H28N4O3/c1-13(23-9-14-6-15(10-23)8-16(7-14)11-23)25-19(28)12-27-22(30)18-5-3-2-4-17(18)20(26-27)21(24)29/h2-5,13-16H,6-12H2,1H3,(H2,24,29)(H,25,28)/t13-,14?,15?,16?,23?/m1/s1. The molecule has 4 fully saturated rings. The van der Waals surface area contributed by atoms with Crippen molar-refractivity contribution in [1.82, 2.24) is 15.1 Å². The molecular weight excluding hydrogens is 380 g/mol. The number of nitrogens with two attached hydrogens (primary N) is 1. The van der Waals surface area contributed by atoms with E-state index >= 15 is 0 Å². The third-order valence-corrected chi connectivity index (χ3v) is 7.78. The van der Waals surface area contributed by atoms with Crippen LogP contribution in [0.25, 0.3) is 10.8 Å². The molecule has 1 aromatic heterocycles. The third kappa shape index (κ3) is 3.11. The van der Waals surface area contributed by atoms with Crippen LogP contribution in [0.3, 0.4) is 0 Å². The maximum atomic E-state index is 12.9. The Bertz CT molecular complexity index is 1050. The van der Waals surface area contributed by atoms with Crippen LogP contribution in [0.2, 0.25) is 0 Å². The van der Waals surface area contributed by atoms with E-state index in [0.29, 0.717) is 10.8 Å². The van der Waals surface area contributed by atoms with Gasteiger partial charge in [0.15, 0.2) is 5.69 Å². The predicted molar refractivity (Wildman–Crippen MR) is 113 cm³/mol. The van der Waals surface area contributed by atoms with E-state index in [9.17, 15) is 14.4 Å². The first-order chi connectivity index (χ1) is 14.3. The van der Waals surface area contributed by atoms with Crippen LogP contribution in [-0.2, 0) is 11.3 Å². The molecule has 0 unspecified atom stereocenters. The Morgan fingerprint density at radius 2 is 1.70 bits per heavy atom. The van der Waals surface area contributed by atoms with E-state index in [0.717, 1.165) is 22.4 Å². The van der Waals surface area contributed by atoms with Gasteiger partial charge in [0.1, 0.15) is 6.54 Å². The summed E-state index contributed by atoms with van der Waals surface area (Å²) in [6, 6.07) is 6.76. The van der Waals surface area contributed by atoms with Crippen LogP contribution in [-0.4, -0.2) is 27.6 Å². The number of primary amides is 1. The quantitative estimate of drug-likeness (QED) is 0.791. The summed E-state index contributed by atoms with van der Waals surface area (Å²) in [4.78, 5) is 37.5. The van der Waals surface area contributed by atoms with Gasteiger partial charge in [-0.25, -0.2) is 4.68 Å². The van der Waals surface area contributed by atoms with E-state index in [1.165, 1.54) is 38.5 Å². The molecule has 2 amide bonds. The third-order valence-electron chi connectivity index (χ3n) is 7.78. The van der Waals surface area contributed by atoms with Gasteiger partial charge in [-0.05, 0) is 74.7 Å². The first-order valence-electron chi connectivity index (χ1n) is 10.9. The summed E-state index contributed by atoms with van der Waals surface area (Å²) in [5.41, 5.74) is 5.26. The highest BCUT2D eigenvalue weighted by Gasteiger charge is 2.53. The van der Waals surface area contributed by atoms with Gasteiger partial charge in [-0.2, -0.15) is 5.10 Å². The number of carbonyl (C=O) groups is 2. The highest BCUT2D eigenvalue weighted by molar-refractivity contribution is 6.04. The molecule has 4 saturated carbocycles. The van der Waals surface area contributed by atoms with Gasteiger partial charge < -0.3 is 11.1 Å². The average molecular weight is 409 g/mol. The minimum atomic E-state index is -0.720. The second-order valence-corrected chi connectivity index (χ2v) is 9.79. The fourth-order valence-corrected chi connectivity index (χ4v) is 6.81. The monoisotopic (exact) mass is 408 g/mol. The van der Waals surface area contributed by atoms with Crippen LogP contribution in [0.4, 0.5) is 0 Å². The van der Waals surface area contributed by atoms with Gasteiger partial charge >= 0.3 is 0 Å². The summed E-state index contributed by atoms with van der Waals surface area (Å²) in [6.45, 7) is 1.89. The fourth-order valence-electron chi connectivity index (χ4n) is 6.81. The molecule has 3 N–H and O–H groups in total. The number of nitrogens with one attached hydrogen (secondary N) is 1. The molecule has 7 nitrogen and oxygen atoms in total. The zero-order valence-corrected chi connectivity index (χ0v) is 17.3. The lowest BCUT2D eigenvalue weighted by Crippen LogP contribution is -2.56. The molecule has 0 spiro atoms. The van der Waals surface area contributed by atoms with E-state index in [1.807, 2.05) is 0 Å². The number of hydrogen-bond donors (Lipinski definition) is 2. The molecular formula is C23H28N4O3. The van der Waals surface area contributed by atoms with E-state index in [1.54, 1.807) is 24.3 Å².